The van der Waals surface area contributed by atoms with Gasteiger partial charge in [-0.05, 0) is 20.8 Å². The number of amides is 1. The van der Waals surface area contributed by atoms with Crippen LogP contribution in [-0.4, -0.2) is 27.9 Å². The second kappa shape index (κ2) is 5.80. The Hall–Kier alpha value is -2.38. The third-order valence-corrected chi connectivity index (χ3v) is 1.45. The molecule has 0 bridgehead atoms. The van der Waals surface area contributed by atoms with Crippen LogP contribution in [0.1, 0.15) is 20.8 Å². The first kappa shape index (κ1) is 15.6. The first-order valence-electron chi connectivity index (χ1n) is 4.92. The Morgan fingerprint density at radius 2 is 1.72 bits per heavy atom. The van der Waals surface area contributed by atoms with Crippen LogP contribution in [0.5, 0.6) is 0 Å². The number of ether oxygens (including phenoxy) is 1. The molecule has 8 heteroatoms. The van der Waals surface area contributed by atoms with Gasteiger partial charge in [-0.25, -0.2) is 9.59 Å². The van der Waals surface area contributed by atoms with E-state index in [1.54, 1.807) is 20.8 Å². The van der Waals surface area contributed by atoms with Crippen LogP contribution >= 0.6 is 0 Å². The number of rotatable bonds is 3. The van der Waals surface area contributed by atoms with Gasteiger partial charge in [0, 0.05) is 6.08 Å². The van der Waals surface area contributed by atoms with E-state index in [1.165, 1.54) is 0 Å². The quantitative estimate of drug-likeness (QED) is 0.274. The van der Waals surface area contributed by atoms with E-state index < -0.39 is 34.9 Å². The molecule has 0 unspecified atom stereocenters. The maximum absolute atomic E-state index is 11.3. The van der Waals surface area contributed by atoms with Gasteiger partial charge in [-0.2, -0.15) is 0 Å². The average Bonchev–Trinajstić information content (AvgIpc) is 2.13. The highest BCUT2D eigenvalue weighted by Gasteiger charge is 2.17. The topological polar surface area (TPSA) is 148 Å². The summed E-state index contributed by atoms with van der Waals surface area (Å²) in [6.45, 7) is 4.94. The lowest BCUT2D eigenvalue weighted by atomic mass is 10.2. The molecule has 0 spiro atoms. The number of allylic oxidation sites excluding steroid dienone is 1. The normalized spacial score (nSPS) is 13.6. The van der Waals surface area contributed by atoms with Crippen LogP contribution in [0.2, 0.25) is 0 Å². The number of alkyl carbamates (subject to hydrolysis) is 1. The highest BCUT2D eigenvalue weighted by Crippen LogP contribution is 2.07. The van der Waals surface area contributed by atoms with Gasteiger partial charge in [-0.3, -0.25) is 5.32 Å². The molecule has 0 aliphatic heterocycles. The van der Waals surface area contributed by atoms with Crippen molar-refractivity contribution < 1.29 is 24.5 Å². The van der Waals surface area contributed by atoms with Crippen LogP contribution in [0, 0.1) is 0 Å². The summed E-state index contributed by atoms with van der Waals surface area (Å²) in [7, 11) is 0. The number of carbonyl (C=O) groups excluding carboxylic acids is 1. The highest BCUT2D eigenvalue weighted by molar-refractivity contribution is 5.85. The molecule has 0 fully saturated rings. The van der Waals surface area contributed by atoms with E-state index in [2.05, 4.69) is 0 Å². The van der Waals surface area contributed by atoms with Crippen molar-refractivity contribution in [2.24, 2.45) is 11.5 Å². The Bertz CT molecular complexity index is 406. The van der Waals surface area contributed by atoms with Crippen molar-refractivity contribution in [3.8, 4) is 0 Å². The smallest absolute Gasteiger partial charge is 0.413 e. The fourth-order valence-corrected chi connectivity index (χ4v) is 0.764. The van der Waals surface area contributed by atoms with Gasteiger partial charge >= 0.3 is 12.1 Å². The van der Waals surface area contributed by atoms with Crippen molar-refractivity contribution in [1.29, 1.82) is 0 Å². The Balaban J connectivity index is 4.74. The fraction of sp³-hybridized carbons (Fsp3) is 0.400. The van der Waals surface area contributed by atoms with E-state index in [0.29, 0.717) is 6.08 Å². The number of hydrogen-bond donors (Lipinski definition) is 5. The molecule has 102 valence electrons. The van der Waals surface area contributed by atoms with E-state index in [-0.39, 0.29) is 0 Å². The van der Waals surface area contributed by atoms with Crippen LogP contribution in [0.3, 0.4) is 0 Å². The first-order valence-corrected chi connectivity index (χ1v) is 4.92. The van der Waals surface area contributed by atoms with Crippen molar-refractivity contribution in [3.63, 3.8) is 0 Å². The summed E-state index contributed by atoms with van der Waals surface area (Å²) in [6, 6.07) is 0. The number of nitrogens with one attached hydrogen (secondary N) is 1. The fourth-order valence-electron chi connectivity index (χ4n) is 0.764. The maximum Gasteiger partial charge on any atom is 0.413 e. The Kier molecular flexibility index (Phi) is 5.03. The molecule has 7 N–H and O–H groups in total. The Labute approximate surface area is 104 Å². The van der Waals surface area contributed by atoms with Crippen molar-refractivity contribution in [2.45, 2.75) is 26.4 Å². The second-order valence-corrected chi connectivity index (χ2v) is 4.33. The summed E-state index contributed by atoms with van der Waals surface area (Å²) in [5, 5.41) is 19.9. The van der Waals surface area contributed by atoms with Crippen LogP contribution in [0.15, 0.2) is 23.4 Å². The number of carboxylic acid groups (broad SMARTS) is 1. The van der Waals surface area contributed by atoms with Gasteiger partial charge in [-0.1, -0.05) is 0 Å². The zero-order valence-corrected chi connectivity index (χ0v) is 10.4. The van der Waals surface area contributed by atoms with Gasteiger partial charge in [0.1, 0.15) is 17.1 Å². The van der Waals surface area contributed by atoms with Crippen LogP contribution in [0.4, 0.5) is 4.79 Å². The standard InChI is InChI=1S/C10H17N3O5/c1-10(2,3)18-9(17)13-7(12)6(14)4-5(11)8(15)16/h4,14H,11-12H2,1-3H3,(H,13,17)(H,15,16)/b5-4-,7-6-. The molecular formula is C10H17N3O5. The SMILES string of the molecule is CC(C)(C)OC(=O)N/C(N)=C(O)/C=C(\N)C(=O)O. The molecule has 0 aliphatic rings. The zero-order chi connectivity index (χ0) is 14.5. The predicted octanol–water partition coefficient (Wildman–Crippen LogP) is 0.124. The van der Waals surface area contributed by atoms with Crippen LogP contribution in [0.25, 0.3) is 0 Å². The van der Waals surface area contributed by atoms with Crippen molar-refractivity contribution in [1.82, 2.24) is 5.32 Å². The summed E-state index contributed by atoms with van der Waals surface area (Å²) in [4.78, 5) is 21.7. The minimum Gasteiger partial charge on any atom is -0.504 e. The second-order valence-electron chi connectivity index (χ2n) is 4.33. The summed E-state index contributed by atoms with van der Waals surface area (Å²) >= 11 is 0. The number of carboxylic acids is 1. The molecule has 0 aromatic rings. The van der Waals surface area contributed by atoms with Gasteiger partial charge < -0.3 is 26.4 Å². The van der Waals surface area contributed by atoms with E-state index in [1.807, 2.05) is 5.32 Å². The monoisotopic (exact) mass is 259 g/mol. The zero-order valence-electron chi connectivity index (χ0n) is 10.4. The number of carbonyl (C=O) groups is 2. The van der Waals surface area contributed by atoms with Gasteiger partial charge in [0.25, 0.3) is 0 Å². The van der Waals surface area contributed by atoms with Gasteiger partial charge in [0.15, 0.2) is 5.76 Å². The Morgan fingerprint density at radius 3 is 2.11 bits per heavy atom. The molecule has 8 nitrogen and oxygen atoms in total. The largest absolute Gasteiger partial charge is 0.504 e. The minimum absolute atomic E-state index is 0.464. The lowest BCUT2D eigenvalue weighted by molar-refractivity contribution is -0.132. The van der Waals surface area contributed by atoms with Crippen LogP contribution < -0.4 is 16.8 Å². The number of hydrogen-bond acceptors (Lipinski definition) is 6. The van der Waals surface area contributed by atoms with Gasteiger partial charge in [0.2, 0.25) is 0 Å². The lowest BCUT2D eigenvalue weighted by Gasteiger charge is -2.19. The summed E-state index contributed by atoms with van der Waals surface area (Å²) in [5.74, 6) is -2.57. The highest BCUT2D eigenvalue weighted by atomic mass is 16.6. The molecule has 0 rings (SSSR count). The van der Waals surface area contributed by atoms with E-state index in [4.69, 9.17) is 21.3 Å². The van der Waals surface area contributed by atoms with Crippen LogP contribution in [-0.2, 0) is 9.53 Å². The van der Waals surface area contributed by atoms with Gasteiger partial charge in [-0.15, -0.1) is 0 Å². The molecule has 0 aliphatic carbocycles. The number of aliphatic carboxylic acids is 1. The average molecular weight is 259 g/mol. The van der Waals surface area contributed by atoms with Gasteiger partial charge in [0.05, 0.1) is 0 Å². The lowest BCUT2D eigenvalue weighted by Crippen LogP contribution is -2.35. The molecule has 0 saturated heterocycles. The van der Waals surface area contributed by atoms with Crippen molar-refractivity contribution >= 4 is 12.1 Å². The number of aliphatic hydroxyl groups is 1. The molecule has 0 aromatic carbocycles. The maximum atomic E-state index is 11.3. The summed E-state index contributed by atoms with van der Waals surface area (Å²) in [5.41, 5.74) is 9.02. The molecule has 0 atom stereocenters. The molecular weight excluding hydrogens is 242 g/mol. The minimum atomic E-state index is -1.42. The summed E-state index contributed by atoms with van der Waals surface area (Å²) in [6.07, 6.45) is -0.177. The predicted molar refractivity (Wildman–Crippen MR) is 63.1 cm³/mol. The summed E-state index contributed by atoms with van der Waals surface area (Å²) < 4.78 is 4.87. The van der Waals surface area contributed by atoms with Crippen molar-refractivity contribution in [3.05, 3.63) is 23.4 Å². The van der Waals surface area contributed by atoms with E-state index in [9.17, 15) is 14.7 Å². The van der Waals surface area contributed by atoms with E-state index in [0.717, 1.165) is 0 Å². The third-order valence-electron chi connectivity index (χ3n) is 1.45. The molecule has 0 saturated carbocycles. The number of nitrogens with two attached hydrogens (primary N) is 2. The molecule has 0 radical (unpaired) electrons. The van der Waals surface area contributed by atoms with Crippen molar-refractivity contribution in [2.75, 3.05) is 0 Å². The molecule has 1 amide bonds. The number of aliphatic hydroxyl groups excluding tert-OH is 1. The first-order chi connectivity index (χ1) is 8.03. The molecule has 0 aromatic heterocycles. The molecule has 18 heavy (non-hydrogen) atoms. The molecule has 0 heterocycles. The Morgan fingerprint density at radius 1 is 1.22 bits per heavy atom. The van der Waals surface area contributed by atoms with E-state index >= 15 is 0 Å². The third kappa shape index (κ3) is 6.26.